The molecule has 1 rings (SSSR count). The number of nitrogens with one attached hydrogen (secondary N) is 2. The topological polar surface area (TPSA) is 84.5 Å². The molecule has 0 fully saturated rings. The lowest BCUT2D eigenvalue weighted by Crippen LogP contribution is -2.41. The van der Waals surface area contributed by atoms with Gasteiger partial charge in [-0.1, -0.05) is 26.0 Å². The lowest BCUT2D eigenvalue weighted by Gasteiger charge is -2.08. The Morgan fingerprint density at radius 3 is 2.29 bits per heavy atom. The highest BCUT2D eigenvalue weighted by Gasteiger charge is 2.12. The Hall–Kier alpha value is -2.37. The Bertz CT molecular complexity index is 509. The van der Waals surface area contributed by atoms with Gasteiger partial charge >= 0.3 is 12.0 Å². The molecule has 0 heterocycles. The van der Waals surface area contributed by atoms with Gasteiger partial charge in [0.15, 0.2) is 6.61 Å². The molecular formula is C15H20N2O4. The molecule has 6 nitrogen and oxygen atoms in total. The van der Waals surface area contributed by atoms with E-state index in [9.17, 15) is 14.4 Å². The van der Waals surface area contributed by atoms with Crippen molar-refractivity contribution in [1.29, 1.82) is 0 Å². The molecular weight excluding hydrogens is 272 g/mol. The summed E-state index contributed by atoms with van der Waals surface area (Å²) in [5.74, 6) is -0.901. The summed E-state index contributed by atoms with van der Waals surface area (Å²) in [6, 6.07) is 6.38. The highest BCUT2D eigenvalue weighted by atomic mass is 16.5. The van der Waals surface area contributed by atoms with Crippen molar-refractivity contribution in [3.05, 3.63) is 35.4 Å². The zero-order chi connectivity index (χ0) is 15.8. The highest BCUT2D eigenvalue weighted by Crippen LogP contribution is 2.15. The largest absolute Gasteiger partial charge is 0.452 e. The molecule has 0 saturated heterocycles. The quantitative estimate of drug-likeness (QED) is 0.811. The number of carbonyl (C=O) groups is 3. The van der Waals surface area contributed by atoms with E-state index in [0.717, 1.165) is 5.56 Å². The number of ether oxygens (including phenoxy) is 1. The fourth-order valence-corrected chi connectivity index (χ4v) is 1.59. The maximum atomic E-state index is 11.7. The van der Waals surface area contributed by atoms with Gasteiger partial charge in [-0.15, -0.1) is 0 Å². The van der Waals surface area contributed by atoms with Gasteiger partial charge < -0.3 is 10.1 Å². The summed E-state index contributed by atoms with van der Waals surface area (Å²) in [6.45, 7) is 5.74. The lowest BCUT2D eigenvalue weighted by atomic mass is 10.0. The zero-order valence-corrected chi connectivity index (χ0v) is 12.4. The van der Waals surface area contributed by atoms with E-state index in [2.05, 4.69) is 19.2 Å². The summed E-state index contributed by atoms with van der Waals surface area (Å²) < 4.78 is 4.84. The summed E-state index contributed by atoms with van der Waals surface area (Å²) in [5, 5.41) is 4.45. The van der Waals surface area contributed by atoms with Gasteiger partial charge in [0.25, 0.3) is 5.91 Å². The number of esters is 1. The molecule has 0 spiro atoms. The van der Waals surface area contributed by atoms with Crippen molar-refractivity contribution >= 4 is 17.9 Å². The van der Waals surface area contributed by atoms with Crippen molar-refractivity contribution in [3.8, 4) is 0 Å². The maximum absolute atomic E-state index is 11.7. The number of hydrogen-bond donors (Lipinski definition) is 2. The van der Waals surface area contributed by atoms with E-state index >= 15 is 0 Å². The second kappa shape index (κ2) is 8.04. The molecule has 21 heavy (non-hydrogen) atoms. The number of carbonyl (C=O) groups excluding carboxylic acids is 3. The van der Waals surface area contributed by atoms with Crippen molar-refractivity contribution in [2.45, 2.75) is 26.7 Å². The Morgan fingerprint density at radius 1 is 1.14 bits per heavy atom. The Morgan fingerprint density at radius 2 is 1.76 bits per heavy atom. The van der Waals surface area contributed by atoms with Gasteiger partial charge in [0.1, 0.15) is 0 Å². The van der Waals surface area contributed by atoms with E-state index in [4.69, 9.17) is 4.74 Å². The summed E-state index contributed by atoms with van der Waals surface area (Å²) in [7, 11) is 0. The molecule has 0 aliphatic carbocycles. The van der Waals surface area contributed by atoms with Crippen molar-refractivity contribution in [1.82, 2.24) is 10.6 Å². The molecule has 1 aromatic carbocycles. The first kappa shape index (κ1) is 16.7. The minimum absolute atomic E-state index is 0.366. The Kier molecular flexibility index (Phi) is 6.39. The average molecular weight is 292 g/mol. The molecule has 0 aliphatic heterocycles. The average Bonchev–Trinajstić information content (AvgIpc) is 2.45. The molecule has 0 bridgehead atoms. The molecule has 0 radical (unpaired) electrons. The number of amides is 3. The van der Waals surface area contributed by atoms with Gasteiger partial charge in [-0.25, -0.2) is 9.59 Å². The first-order valence-electron chi connectivity index (χ1n) is 6.78. The van der Waals surface area contributed by atoms with Crippen LogP contribution in [0.1, 0.15) is 42.6 Å². The van der Waals surface area contributed by atoms with Crippen molar-refractivity contribution in [2.75, 3.05) is 13.2 Å². The third-order valence-electron chi connectivity index (χ3n) is 2.74. The third kappa shape index (κ3) is 5.64. The summed E-state index contributed by atoms with van der Waals surface area (Å²) in [4.78, 5) is 34.2. The van der Waals surface area contributed by atoms with Crippen LogP contribution in [0.3, 0.4) is 0 Å². The number of urea groups is 1. The molecule has 0 aliphatic rings. The molecule has 1 aromatic rings. The van der Waals surface area contributed by atoms with Crippen molar-refractivity contribution in [2.24, 2.45) is 0 Å². The number of rotatable bonds is 5. The second-order valence-corrected chi connectivity index (χ2v) is 4.76. The molecule has 2 N–H and O–H groups in total. The van der Waals surface area contributed by atoms with Crippen LogP contribution in [0, 0.1) is 0 Å². The van der Waals surface area contributed by atoms with Crippen LogP contribution in [-0.2, 0) is 9.53 Å². The van der Waals surface area contributed by atoms with Crippen LogP contribution in [0.15, 0.2) is 24.3 Å². The van der Waals surface area contributed by atoms with Gasteiger partial charge in [0, 0.05) is 6.54 Å². The van der Waals surface area contributed by atoms with Gasteiger partial charge in [0.2, 0.25) is 0 Å². The molecule has 6 heteroatoms. The van der Waals surface area contributed by atoms with Crippen LogP contribution in [-0.4, -0.2) is 31.1 Å². The molecule has 0 unspecified atom stereocenters. The smallest absolute Gasteiger partial charge is 0.338 e. The molecule has 0 atom stereocenters. The fraction of sp³-hybridized carbons (Fsp3) is 0.400. The van der Waals surface area contributed by atoms with E-state index in [1.165, 1.54) is 0 Å². The molecule has 0 saturated carbocycles. The number of benzene rings is 1. The van der Waals surface area contributed by atoms with Crippen LogP contribution >= 0.6 is 0 Å². The van der Waals surface area contributed by atoms with Crippen LogP contribution in [0.2, 0.25) is 0 Å². The lowest BCUT2D eigenvalue weighted by molar-refractivity contribution is -0.123. The normalized spacial score (nSPS) is 10.1. The number of hydrogen-bond acceptors (Lipinski definition) is 4. The minimum atomic E-state index is -0.673. The highest BCUT2D eigenvalue weighted by molar-refractivity contribution is 5.96. The predicted octanol–water partition coefficient (Wildman–Crippen LogP) is 1.81. The molecule has 0 aromatic heterocycles. The summed E-state index contributed by atoms with van der Waals surface area (Å²) in [5.41, 5.74) is 1.48. The molecule has 114 valence electrons. The van der Waals surface area contributed by atoms with Crippen LogP contribution < -0.4 is 10.6 Å². The number of imide groups is 1. The monoisotopic (exact) mass is 292 g/mol. The van der Waals surface area contributed by atoms with Gasteiger partial charge in [-0.3, -0.25) is 10.1 Å². The third-order valence-corrected chi connectivity index (χ3v) is 2.74. The van der Waals surface area contributed by atoms with E-state index in [1.807, 2.05) is 17.4 Å². The zero-order valence-electron chi connectivity index (χ0n) is 12.4. The minimum Gasteiger partial charge on any atom is -0.452 e. The first-order valence-corrected chi connectivity index (χ1v) is 6.78. The second-order valence-electron chi connectivity index (χ2n) is 4.76. The van der Waals surface area contributed by atoms with Gasteiger partial charge in [0.05, 0.1) is 5.56 Å². The van der Waals surface area contributed by atoms with E-state index in [0.29, 0.717) is 18.0 Å². The Balaban J connectivity index is 2.46. The van der Waals surface area contributed by atoms with Crippen LogP contribution in [0.4, 0.5) is 4.79 Å². The van der Waals surface area contributed by atoms with E-state index in [1.54, 1.807) is 19.1 Å². The summed E-state index contributed by atoms with van der Waals surface area (Å²) >= 11 is 0. The van der Waals surface area contributed by atoms with Crippen molar-refractivity contribution in [3.63, 3.8) is 0 Å². The predicted molar refractivity (Wildman–Crippen MR) is 78.0 cm³/mol. The van der Waals surface area contributed by atoms with Crippen LogP contribution in [0.25, 0.3) is 0 Å². The van der Waals surface area contributed by atoms with Gasteiger partial charge in [-0.05, 0) is 30.5 Å². The first-order chi connectivity index (χ1) is 9.93. The fourth-order valence-electron chi connectivity index (χ4n) is 1.59. The SMILES string of the molecule is CCNC(=O)NC(=O)COC(=O)c1ccc(C(C)C)cc1. The Labute approximate surface area is 123 Å². The molecule has 3 amide bonds. The standard InChI is InChI=1S/C15H20N2O4/c1-4-16-15(20)17-13(18)9-21-14(19)12-7-5-11(6-8-12)10(2)3/h5-8,10H,4,9H2,1-3H3,(H2,16,17,18,20). The van der Waals surface area contributed by atoms with Gasteiger partial charge in [-0.2, -0.15) is 0 Å². The summed E-state index contributed by atoms with van der Waals surface area (Å²) in [6.07, 6.45) is 0. The van der Waals surface area contributed by atoms with Crippen molar-refractivity contribution < 1.29 is 19.1 Å². The maximum Gasteiger partial charge on any atom is 0.338 e. The van der Waals surface area contributed by atoms with E-state index < -0.39 is 24.5 Å². The van der Waals surface area contributed by atoms with E-state index in [-0.39, 0.29) is 0 Å². The van der Waals surface area contributed by atoms with Crippen LogP contribution in [0.5, 0.6) is 0 Å².